The lowest BCUT2D eigenvalue weighted by molar-refractivity contribution is -0.147. The second-order valence-electron chi connectivity index (χ2n) is 9.85. The van der Waals surface area contributed by atoms with E-state index >= 15 is 0 Å². The van der Waals surface area contributed by atoms with E-state index in [0.29, 0.717) is 31.6 Å². The number of nitrogens with one attached hydrogen (secondary N) is 2. The smallest absolute Gasteiger partial charge is 0.243 e. The molecule has 31 heavy (non-hydrogen) atoms. The molecule has 6 rings (SSSR count). The molecule has 2 atom stereocenters. The zero-order chi connectivity index (χ0) is 22.2. The van der Waals surface area contributed by atoms with Gasteiger partial charge in [-0.3, -0.25) is 9.59 Å². The number of hydrogen-bond donors (Lipinski definition) is 3. The average Bonchev–Trinajstić information content (AvgIpc) is 3.46. The van der Waals surface area contributed by atoms with Crippen molar-refractivity contribution in [3.8, 4) is 0 Å². The number of primary amides is 1. The molecule has 0 spiro atoms. The largest absolute Gasteiger partial charge is 0.369 e. The van der Waals surface area contributed by atoms with Crippen molar-refractivity contribution in [2.24, 2.45) is 28.9 Å². The van der Waals surface area contributed by atoms with E-state index in [0.717, 1.165) is 19.3 Å². The number of rotatable bonds is 6. The van der Waals surface area contributed by atoms with Crippen LogP contribution in [-0.4, -0.2) is 31.8 Å². The number of halogens is 2. The molecular weight excluding hydrogens is 461 g/mol. The van der Waals surface area contributed by atoms with Crippen molar-refractivity contribution < 1.29 is 18.0 Å². The average molecular weight is 486 g/mol. The Hall–Kier alpha value is -1.35. The fourth-order valence-electron chi connectivity index (χ4n) is 6.36. The summed E-state index contributed by atoms with van der Waals surface area (Å²) in [4.78, 5) is 25.2. The van der Waals surface area contributed by atoms with E-state index in [9.17, 15) is 18.0 Å². The lowest BCUT2D eigenvalue weighted by Gasteiger charge is -2.59. The van der Waals surface area contributed by atoms with Crippen molar-refractivity contribution >= 4 is 45.0 Å². The molecule has 5 aliphatic rings. The Morgan fingerprint density at radius 2 is 1.71 bits per heavy atom. The molecule has 4 bridgehead atoms. The second-order valence-corrected chi connectivity index (χ2v) is 12.3. The minimum absolute atomic E-state index is 0.0479. The SMILES string of the molecule is NC(=O)C12CC3CC(C1)C(NC(=O)C1(NS(=O)(=O)c4cccc(Cl)c4Cl)CC1)C(C3)C2. The van der Waals surface area contributed by atoms with Crippen molar-refractivity contribution in [1.82, 2.24) is 10.0 Å². The number of nitrogens with two attached hydrogens (primary N) is 1. The van der Waals surface area contributed by atoms with Gasteiger partial charge in [0.2, 0.25) is 21.8 Å². The van der Waals surface area contributed by atoms with E-state index in [1.807, 2.05) is 0 Å². The van der Waals surface area contributed by atoms with E-state index in [2.05, 4.69) is 10.0 Å². The lowest BCUT2D eigenvalue weighted by Crippen LogP contribution is -2.63. The lowest BCUT2D eigenvalue weighted by atomic mass is 9.47. The Morgan fingerprint density at radius 3 is 2.29 bits per heavy atom. The number of carbonyl (C=O) groups is 2. The van der Waals surface area contributed by atoms with Crippen molar-refractivity contribution in [3.63, 3.8) is 0 Å². The molecule has 1 aromatic rings. The molecule has 168 valence electrons. The summed E-state index contributed by atoms with van der Waals surface area (Å²) in [5.74, 6) is 0.368. The van der Waals surface area contributed by atoms with Gasteiger partial charge in [-0.2, -0.15) is 4.72 Å². The van der Waals surface area contributed by atoms with Crippen LogP contribution in [0.1, 0.15) is 44.9 Å². The first-order valence-corrected chi connectivity index (χ1v) is 12.9. The highest BCUT2D eigenvalue weighted by atomic mass is 35.5. The fraction of sp³-hybridized carbons (Fsp3) is 0.619. The van der Waals surface area contributed by atoms with Crippen LogP contribution in [0.2, 0.25) is 10.0 Å². The monoisotopic (exact) mass is 485 g/mol. The summed E-state index contributed by atoms with van der Waals surface area (Å²) in [5.41, 5.74) is 4.15. The first-order chi connectivity index (χ1) is 14.6. The predicted octanol–water partition coefficient (Wildman–Crippen LogP) is 2.60. The molecule has 0 aliphatic heterocycles. The Morgan fingerprint density at radius 1 is 1.06 bits per heavy atom. The summed E-state index contributed by atoms with van der Waals surface area (Å²) in [6.07, 6.45) is 5.08. The molecular formula is C21H25Cl2N3O4S. The van der Waals surface area contributed by atoms with Crippen LogP contribution in [-0.2, 0) is 19.6 Å². The highest BCUT2D eigenvalue weighted by Crippen LogP contribution is 2.60. The first kappa shape index (κ1) is 21.5. The van der Waals surface area contributed by atoms with Crippen LogP contribution in [0.15, 0.2) is 23.1 Å². The molecule has 10 heteroatoms. The van der Waals surface area contributed by atoms with Gasteiger partial charge in [-0.25, -0.2) is 8.42 Å². The van der Waals surface area contributed by atoms with Crippen LogP contribution in [0.25, 0.3) is 0 Å². The maximum absolute atomic E-state index is 13.2. The minimum Gasteiger partial charge on any atom is -0.369 e. The number of hydrogen-bond acceptors (Lipinski definition) is 4. The molecule has 5 fully saturated rings. The Labute approximate surface area is 191 Å². The third-order valence-electron chi connectivity index (χ3n) is 7.81. The number of sulfonamides is 1. The van der Waals surface area contributed by atoms with E-state index in [-0.39, 0.29) is 44.6 Å². The molecule has 0 radical (unpaired) electrons. The zero-order valence-corrected chi connectivity index (χ0v) is 19.2. The first-order valence-electron chi connectivity index (χ1n) is 10.6. The highest BCUT2D eigenvalue weighted by Gasteiger charge is 2.60. The minimum atomic E-state index is -4.02. The molecule has 0 saturated heterocycles. The molecule has 2 unspecified atom stereocenters. The predicted molar refractivity (Wildman–Crippen MR) is 116 cm³/mol. The molecule has 5 saturated carbocycles. The number of benzene rings is 1. The molecule has 0 heterocycles. The van der Waals surface area contributed by atoms with Gasteiger partial charge in [-0.1, -0.05) is 29.3 Å². The van der Waals surface area contributed by atoms with Crippen molar-refractivity contribution in [1.29, 1.82) is 0 Å². The quantitative estimate of drug-likeness (QED) is 0.573. The van der Waals surface area contributed by atoms with Crippen LogP contribution in [0.3, 0.4) is 0 Å². The summed E-state index contributed by atoms with van der Waals surface area (Å²) in [5, 5.41) is 3.21. The van der Waals surface area contributed by atoms with Crippen molar-refractivity contribution in [2.75, 3.05) is 0 Å². The normalized spacial score (nSPS) is 35.0. The van der Waals surface area contributed by atoms with E-state index in [1.54, 1.807) is 0 Å². The number of carbonyl (C=O) groups excluding carboxylic acids is 2. The van der Waals surface area contributed by atoms with E-state index in [1.165, 1.54) is 18.2 Å². The molecule has 1 aromatic carbocycles. The third-order valence-corrected chi connectivity index (χ3v) is 10.3. The van der Waals surface area contributed by atoms with E-state index in [4.69, 9.17) is 28.9 Å². The van der Waals surface area contributed by atoms with Gasteiger partial charge in [0.1, 0.15) is 10.4 Å². The van der Waals surface area contributed by atoms with Gasteiger partial charge < -0.3 is 11.1 Å². The summed E-state index contributed by atoms with van der Waals surface area (Å²) >= 11 is 12.1. The van der Waals surface area contributed by atoms with E-state index < -0.39 is 21.0 Å². The summed E-state index contributed by atoms with van der Waals surface area (Å²) in [6, 6.07) is 4.33. The highest BCUT2D eigenvalue weighted by molar-refractivity contribution is 7.89. The van der Waals surface area contributed by atoms with Gasteiger partial charge in [0.05, 0.1) is 10.0 Å². The molecule has 4 N–H and O–H groups in total. The summed E-state index contributed by atoms with van der Waals surface area (Å²) in [6.45, 7) is 0. The molecule has 0 aromatic heterocycles. The molecule has 2 amide bonds. The fourth-order valence-corrected chi connectivity index (χ4v) is 8.54. The second kappa shape index (κ2) is 7.07. The maximum Gasteiger partial charge on any atom is 0.243 e. The van der Waals surface area contributed by atoms with Gasteiger partial charge in [-0.15, -0.1) is 0 Å². The van der Waals surface area contributed by atoms with Crippen molar-refractivity contribution in [3.05, 3.63) is 28.2 Å². The standard InChI is InChI=1S/C21H25Cl2N3O4S/c22-14-2-1-3-15(16(14)23)31(29,30)26-21(4-5-21)19(28)25-17-12-6-11-7-13(17)10-20(8-11,9-12)18(24)27/h1-3,11-13,17,26H,4-10H2,(H2,24,27)(H,25,28). The molecule has 5 aliphatic carbocycles. The topological polar surface area (TPSA) is 118 Å². The van der Waals surface area contributed by atoms with Crippen LogP contribution in [0.5, 0.6) is 0 Å². The maximum atomic E-state index is 13.2. The van der Waals surface area contributed by atoms with Crippen LogP contribution >= 0.6 is 23.2 Å². The number of amides is 2. The Kier molecular flexibility index (Phi) is 4.90. The van der Waals surface area contributed by atoms with Gasteiger partial charge in [0.25, 0.3) is 0 Å². The van der Waals surface area contributed by atoms with Gasteiger partial charge in [0.15, 0.2) is 0 Å². The molecule has 7 nitrogen and oxygen atoms in total. The Balaban J connectivity index is 1.32. The third kappa shape index (κ3) is 3.46. The van der Waals surface area contributed by atoms with Crippen LogP contribution < -0.4 is 15.8 Å². The van der Waals surface area contributed by atoms with Gasteiger partial charge in [-0.05, 0) is 74.8 Å². The van der Waals surface area contributed by atoms with Crippen LogP contribution in [0, 0.1) is 23.2 Å². The van der Waals surface area contributed by atoms with Crippen LogP contribution in [0.4, 0.5) is 0 Å². The van der Waals surface area contributed by atoms with Crippen molar-refractivity contribution in [2.45, 2.75) is 61.4 Å². The van der Waals surface area contributed by atoms with Gasteiger partial charge in [0, 0.05) is 11.5 Å². The summed E-state index contributed by atoms with van der Waals surface area (Å²) < 4.78 is 28.4. The van der Waals surface area contributed by atoms with Gasteiger partial charge >= 0.3 is 0 Å². The zero-order valence-electron chi connectivity index (χ0n) is 16.9. The Bertz CT molecular complexity index is 1060. The summed E-state index contributed by atoms with van der Waals surface area (Å²) in [7, 11) is -4.02.